The predicted molar refractivity (Wildman–Crippen MR) is 150 cm³/mol. The summed E-state index contributed by atoms with van der Waals surface area (Å²) in [5, 5.41) is 8.95. The molecule has 9 nitrogen and oxygen atoms in total. The Morgan fingerprint density at radius 1 is 1.09 bits per heavy atom. The van der Waals surface area contributed by atoms with E-state index in [-0.39, 0.29) is 0 Å². The van der Waals surface area contributed by atoms with Gasteiger partial charge in [-0.2, -0.15) is 5.10 Å². The summed E-state index contributed by atoms with van der Waals surface area (Å²) >= 11 is 0. The Labute approximate surface area is 207 Å². The van der Waals surface area contributed by atoms with Crippen molar-refractivity contribution in [3.8, 4) is 0 Å². The summed E-state index contributed by atoms with van der Waals surface area (Å²) in [6, 6.07) is 13.4. The van der Waals surface area contributed by atoms with E-state index in [4.69, 9.17) is 17.2 Å². The van der Waals surface area contributed by atoms with Crippen LogP contribution in [0.4, 0.5) is 22.7 Å². The topological polar surface area (TPSA) is 125 Å². The number of rotatable bonds is 9. The molecule has 0 aliphatic carbocycles. The Morgan fingerprint density at radius 3 is 2.40 bits per heavy atom. The summed E-state index contributed by atoms with van der Waals surface area (Å²) in [5.41, 5.74) is 23.1. The van der Waals surface area contributed by atoms with E-state index < -0.39 is 0 Å². The van der Waals surface area contributed by atoms with Gasteiger partial charge in [-0.05, 0) is 62.0 Å². The van der Waals surface area contributed by atoms with Crippen LogP contribution in [0.3, 0.4) is 0 Å². The van der Waals surface area contributed by atoms with Gasteiger partial charge in [0, 0.05) is 50.0 Å². The van der Waals surface area contributed by atoms with Crippen LogP contribution in [0.1, 0.15) is 12.5 Å². The lowest BCUT2D eigenvalue weighted by molar-refractivity contribution is 0.313. The number of benzene rings is 2. The number of aliphatic imine (C=N–C) groups is 1. The van der Waals surface area contributed by atoms with E-state index in [9.17, 15) is 0 Å². The monoisotopic (exact) mass is 473 g/mol. The highest BCUT2D eigenvalue weighted by atomic mass is 15.5. The van der Waals surface area contributed by atoms with E-state index in [0.29, 0.717) is 17.4 Å². The van der Waals surface area contributed by atoms with Crippen molar-refractivity contribution in [3.63, 3.8) is 0 Å². The molecule has 0 spiro atoms. The van der Waals surface area contributed by atoms with Crippen molar-refractivity contribution in [2.45, 2.75) is 6.92 Å². The number of hydrazone groups is 1. The second kappa shape index (κ2) is 11.8. The second-order valence-corrected chi connectivity index (χ2v) is 8.35. The van der Waals surface area contributed by atoms with Gasteiger partial charge in [0.1, 0.15) is 11.7 Å². The van der Waals surface area contributed by atoms with E-state index in [2.05, 4.69) is 45.4 Å². The lowest BCUT2D eigenvalue weighted by atomic mass is 10.1. The van der Waals surface area contributed by atoms with Crippen molar-refractivity contribution in [1.82, 2.24) is 4.90 Å². The molecule has 2 aromatic carbocycles. The number of amidine groups is 1. The van der Waals surface area contributed by atoms with Crippen LogP contribution in [0.25, 0.3) is 5.70 Å². The molecule has 0 unspecified atom stereocenters. The number of piperazine rings is 1. The number of nitrogens with one attached hydrogen (secondary N) is 1. The number of anilines is 4. The Bertz CT molecular complexity index is 1120. The molecule has 2 aromatic rings. The average molecular weight is 474 g/mol. The molecule has 1 aliphatic rings. The van der Waals surface area contributed by atoms with Gasteiger partial charge in [-0.3, -0.25) is 0 Å². The van der Waals surface area contributed by atoms with Crippen LogP contribution in [0.15, 0.2) is 83.8 Å². The minimum atomic E-state index is 0.441. The van der Waals surface area contributed by atoms with E-state index in [0.717, 1.165) is 54.5 Å². The smallest absolute Gasteiger partial charge is 0.122 e. The maximum atomic E-state index is 6.32. The highest BCUT2D eigenvalue weighted by Gasteiger charge is 2.17. The molecule has 35 heavy (non-hydrogen) atoms. The van der Waals surface area contributed by atoms with Gasteiger partial charge in [-0.15, -0.1) is 0 Å². The first-order valence-corrected chi connectivity index (χ1v) is 11.4. The predicted octanol–water partition coefficient (Wildman–Crippen LogP) is 3.22. The van der Waals surface area contributed by atoms with Crippen LogP contribution in [0.2, 0.25) is 0 Å². The molecule has 0 radical (unpaired) electrons. The largest absolute Gasteiger partial charge is 0.398 e. The van der Waals surface area contributed by atoms with Crippen LogP contribution < -0.4 is 32.4 Å². The van der Waals surface area contributed by atoms with Gasteiger partial charge in [0.15, 0.2) is 0 Å². The fraction of sp³-hybridized carbons (Fsp3) is 0.231. The zero-order chi connectivity index (χ0) is 25.4. The molecule has 1 heterocycles. The third-order valence-electron chi connectivity index (χ3n) is 5.55. The lowest BCUT2D eigenvalue weighted by Crippen LogP contribution is -2.44. The van der Waals surface area contributed by atoms with Crippen LogP contribution in [-0.4, -0.2) is 50.2 Å². The molecule has 0 bridgehead atoms. The van der Waals surface area contributed by atoms with Crippen molar-refractivity contribution < 1.29 is 0 Å². The number of nitrogens with zero attached hydrogens (tertiary/aromatic N) is 5. The quantitative estimate of drug-likeness (QED) is 0.191. The highest BCUT2D eigenvalue weighted by molar-refractivity contribution is 5.86. The Hall–Kier alpha value is -4.24. The lowest BCUT2D eigenvalue weighted by Gasteiger charge is -2.34. The number of nitrogens with two attached hydrogens (primary N) is 3. The molecular weight excluding hydrogens is 438 g/mol. The first-order valence-electron chi connectivity index (χ1n) is 11.4. The summed E-state index contributed by atoms with van der Waals surface area (Å²) in [4.78, 5) is 8.95. The first kappa shape index (κ1) is 25.4. The van der Waals surface area contributed by atoms with Crippen molar-refractivity contribution in [2.75, 3.05) is 54.2 Å². The molecule has 1 fully saturated rings. The number of likely N-dealkylation sites (N-methyl/N-ethyl adjacent to an activating group) is 1. The molecule has 0 atom stereocenters. The van der Waals surface area contributed by atoms with E-state index in [1.54, 1.807) is 30.4 Å². The van der Waals surface area contributed by atoms with Crippen LogP contribution in [-0.2, 0) is 0 Å². The molecule has 9 heteroatoms. The summed E-state index contributed by atoms with van der Waals surface area (Å²) < 4.78 is 0. The molecule has 7 N–H and O–H groups in total. The SMILES string of the molecule is C=CN(/N=C(/C)N)c1ccc(NC(=C)N=C/C=C(\N)c2ccc(N)c(N3CCN(C)CC3)c2)cc1. The fourth-order valence-electron chi connectivity index (χ4n) is 3.62. The second-order valence-electron chi connectivity index (χ2n) is 8.35. The van der Waals surface area contributed by atoms with E-state index in [1.165, 1.54) is 0 Å². The molecular formula is C26H35N9. The summed E-state index contributed by atoms with van der Waals surface area (Å²) in [7, 11) is 2.13. The van der Waals surface area contributed by atoms with Crippen molar-refractivity contribution >= 4 is 40.5 Å². The molecule has 1 saturated heterocycles. The van der Waals surface area contributed by atoms with Crippen molar-refractivity contribution in [3.05, 3.63) is 79.3 Å². The summed E-state index contributed by atoms with van der Waals surface area (Å²) in [5.74, 6) is 0.922. The van der Waals surface area contributed by atoms with Crippen LogP contribution in [0.5, 0.6) is 0 Å². The van der Waals surface area contributed by atoms with Gasteiger partial charge in [-0.1, -0.05) is 19.2 Å². The maximum absolute atomic E-state index is 6.32. The number of hydrogen-bond donors (Lipinski definition) is 4. The third-order valence-corrected chi connectivity index (χ3v) is 5.55. The van der Waals surface area contributed by atoms with Crippen LogP contribution in [0, 0.1) is 0 Å². The average Bonchev–Trinajstić information content (AvgIpc) is 2.84. The van der Waals surface area contributed by atoms with Crippen molar-refractivity contribution in [1.29, 1.82) is 0 Å². The van der Waals surface area contributed by atoms with E-state index >= 15 is 0 Å². The minimum absolute atomic E-state index is 0.441. The van der Waals surface area contributed by atoms with Gasteiger partial charge < -0.3 is 32.3 Å². The number of allylic oxidation sites excluding steroid dienone is 1. The van der Waals surface area contributed by atoms with Crippen molar-refractivity contribution in [2.24, 2.45) is 21.6 Å². The number of nitrogen functional groups attached to an aromatic ring is 1. The Balaban J connectivity index is 1.62. The fourth-order valence-corrected chi connectivity index (χ4v) is 3.62. The van der Waals surface area contributed by atoms with Gasteiger partial charge in [-0.25, -0.2) is 10.0 Å². The van der Waals surface area contributed by atoms with Gasteiger partial charge in [0.2, 0.25) is 0 Å². The van der Waals surface area contributed by atoms with Gasteiger partial charge in [0.25, 0.3) is 0 Å². The molecule has 0 saturated carbocycles. The zero-order valence-corrected chi connectivity index (χ0v) is 20.5. The van der Waals surface area contributed by atoms with Crippen LogP contribution >= 0.6 is 0 Å². The van der Waals surface area contributed by atoms with Gasteiger partial charge in [0.05, 0.1) is 17.1 Å². The molecule has 3 rings (SSSR count). The van der Waals surface area contributed by atoms with Gasteiger partial charge >= 0.3 is 0 Å². The normalized spacial score (nSPS) is 15.3. The molecule has 0 amide bonds. The third kappa shape index (κ3) is 7.12. The summed E-state index contributed by atoms with van der Waals surface area (Å²) in [6.07, 6.45) is 4.97. The minimum Gasteiger partial charge on any atom is -0.398 e. The molecule has 0 aromatic heterocycles. The van der Waals surface area contributed by atoms with E-state index in [1.807, 2.05) is 42.5 Å². The standard InChI is InChI=1S/C26H35N9/c1-5-35(32-19(2)27)23-9-7-22(8-10-23)31-20(3)30-13-12-24(28)21-6-11-25(29)26(18-21)34-16-14-33(4)15-17-34/h5-13,18,31H,1,3,14-17,28-29H2,2,4H3,(H2,27,32)/b24-12-,30-13?. The number of hydrogen-bond acceptors (Lipinski definition) is 8. The Morgan fingerprint density at radius 2 is 1.77 bits per heavy atom. The highest BCUT2D eigenvalue weighted by Crippen LogP contribution is 2.27. The Kier molecular flexibility index (Phi) is 8.53. The first-order chi connectivity index (χ1) is 16.8. The molecule has 1 aliphatic heterocycles. The zero-order valence-electron chi connectivity index (χ0n) is 20.5. The molecule has 184 valence electrons. The summed E-state index contributed by atoms with van der Waals surface area (Å²) in [6.45, 7) is 13.3. The maximum Gasteiger partial charge on any atom is 0.122 e.